The first-order valence-corrected chi connectivity index (χ1v) is 5.69. The zero-order valence-corrected chi connectivity index (χ0v) is 10.3. The van der Waals surface area contributed by atoms with Crippen LogP contribution in [0.3, 0.4) is 0 Å². The van der Waals surface area contributed by atoms with Crippen LogP contribution in [-0.4, -0.2) is 17.0 Å². The van der Waals surface area contributed by atoms with Crippen LogP contribution in [0.1, 0.15) is 31.8 Å². The van der Waals surface area contributed by atoms with Gasteiger partial charge in [-0.2, -0.15) is 5.26 Å². The molecule has 0 aliphatic carbocycles. The number of aryl methyl sites for hydroxylation is 1. The molecule has 0 heterocycles. The van der Waals surface area contributed by atoms with Gasteiger partial charge in [0.1, 0.15) is 0 Å². The summed E-state index contributed by atoms with van der Waals surface area (Å²) in [4.78, 5) is 27.5. The largest absolute Gasteiger partial charge is 0.373 e. The Morgan fingerprint density at radius 3 is 2.32 bits per heavy atom. The van der Waals surface area contributed by atoms with E-state index >= 15 is 0 Å². The van der Waals surface area contributed by atoms with Crippen LogP contribution in [0.15, 0.2) is 48.5 Å². The summed E-state index contributed by atoms with van der Waals surface area (Å²) in [6, 6.07) is 13.3. The van der Waals surface area contributed by atoms with Gasteiger partial charge in [0.2, 0.25) is 0 Å². The minimum atomic E-state index is -0.948. The molecule has 0 fully saturated rings. The normalized spacial score (nSPS) is 10.0. The van der Waals surface area contributed by atoms with E-state index < -0.39 is 5.97 Å². The summed E-state index contributed by atoms with van der Waals surface area (Å²) < 4.78 is 0. The van der Waals surface area contributed by atoms with Crippen molar-refractivity contribution in [2.75, 3.05) is 0 Å². The Bertz CT molecular complexity index is 632. The lowest BCUT2D eigenvalue weighted by Crippen LogP contribution is -2.11. The van der Waals surface area contributed by atoms with E-state index in [0.717, 1.165) is 5.56 Å². The first-order chi connectivity index (χ1) is 9.13. The zero-order chi connectivity index (χ0) is 13.8. The molecule has 4 nitrogen and oxygen atoms in total. The standard InChI is InChI=1S/C15H12O4/c1-10-5-4-6-11(9-10)14(16)12-7-2-3-8-13(12)15(17)19-18/h2-9,18H,1H3. The maximum Gasteiger partial charge on any atom is 0.373 e. The van der Waals surface area contributed by atoms with Crippen molar-refractivity contribution in [3.63, 3.8) is 0 Å². The van der Waals surface area contributed by atoms with E-state index in [1.165, 1.54) is 12.1 Å². The molecule has 0 spiro atoms. The van der Waals surface area contributed by atoms with Gasteiger partial charge in [-0.3, -0.25) is 9.68 Å². The smallest absolute Gasteiger partial charge is 0.295 e. The first kappa shape index (κ1) is 13.0. The van der Waals surface area contributed by atoms with E-state index in [-0.39, 0.29) is 16.9 Å². The summed E-state index contributed by atoms with van der Waals surface area (Å²) >= 11 is 0. The van der Waals surface area contributed by atoms with Crippen molar-refractivity contribution in [3.8, 4) is 0 Å². The Balaban J connectivity index is 2.47. The number of ketones is 1. The van der Waals surface area contributed by atoms with Crippen LogP contribution in [0, 0.1) is 6.92 Å². The molecule has 0 atom stereocenters. The molecule has 96 valence electrons. The Morgan fingerprint density at radius 1 is 1.00 bits per heavy atom. The van der Waals surface area contributed by atoms with Gasteiger partial charge in [0.05, 0.1) is 5.56 Å². The van der Waals surface area contributed by atoms with Crippen molar-refractivity contribution < 1.29 is 19.7 Å². The van der Waals surface area contributed by atoms with Crippen LogP contribution >= 0.6 is 0 Å². The number of benzene rings is 2. The summed E-state index contributed by atoms with van der Waals surface area (Å²) in [5.41, 5.74) is 1.68. The molecule has 2 aromatic carbocycles. The van der Waals surface area contributed by atoms with Gasteiger partial charge in [-0.25, -0.2) is 4.79 Å². The highest BCUT2D eigenvalue weighted by atomic mass is 17.1. The molecule has 0 aliphatic heterocycles. The highest BCUT2D eigenvalue weighted by Gasteiger charge is 2.19. The van der Waals surface area contributed by atoms with Crippen molar-refractivity contribution in [2.45, 2.75) is 6.92 Å². The number of carbonyl (C=O) groups is 2. The third-order valence-electron chi connectivity index (χ3n) is 2.75. The molecular formula is C15H12O4. The molecule has 2 aromatic rings. The van der Waals surface area contributed by atoms with Gasteiger partial charge >= 0.3 is 5.97 Å². The zero-order valence-electron chi connectivity index (χ0n) is 10.3. The molecule has 0 saturated carbocycles. The van der Waals surface area contributed by atoms with Crippen LogP contribution in [0.4, 0.5) is 0 Å². The molecule has 0 aromatic heterocycles. The summed E-state index contributed by atoms with van der Waals surface area (Å²) in [7, 11) is 0. The van der Waals surface area contributed by atoms with Gasteiger partial charge in [-0.05, 0) is 19.1 Å². The summed E-state index contributed by atoms with van der Waals surface area (Å²) in [5, 5.41) is 8.45. The van der Waals surface area contributed by atoms with Crippen LogP contribution < -0.4 is 0 Å². The highest BCUT2D eigenvalue weighted by molar-refractivity contribution is 6.14. The van der Waals surface area contributed by atoms with Gasteiger partial charge in [0.15, 0.2) is 5.78 Å². The molecule has 0 bridgehead atoms. The third-order valence-corrected chi connectivity index (χ3v) is 2.75. The second kappa shape index (κ2) is 5.46. The third kappa shape index (κ3) is 2.69. The van der Waals surface area contributed by atoms with Gasteiger partial charge in [0.25, 0.3) is 0 Å². The lowest BCUT2D eigenvalue weighted by Gasteiger charge is -2.06. The second-order valence-electron chi connectivity index (χ2n) is 4.12. The quantitative estimate of drug-likeness (QED) is 0.521. The molecule has 0 unspecified atom stereocenters. The van der Waals surface area contributed by atoms with Crippen LogP contribution in [0.5, 0.6) is 0 Å². The predicted octanol–water partition coefficient (Wildman–Crippen LogP) is 2.86. The van der Waals surface area contributed by atoms with Crippen LogP contribution in [0.25, 0.3) is 0 Å². The lowest BCUT2D eigenvalue weighted by atomic mass is 9.97. The molecule has 1 N–H and O–H groups in total. The highest BCUT2D eigenvalue weighted by Crippen LogP contribution is 2.16. The summed E-state index contributed by atoms with van der Waals surface area (Å²) in [5.74, 6) is -1.23. The van der Waals surface area contributed by atoms with E-state index in [4.69, 9.17) is 5.26 Å². The molecule has 0 aliphatic rings. The minimum Gasteiger partial charge on any atom is -0.295 e. The first-order valence-electron chi connectivity index (χ1n) is 5.69. The predicted molar refractivity (Wildman–Crippen MR) is 69.1 cm³/mol. The Labute approximate surface area is 110 Å². The van der Waals surface area contributed by atoms with Gasteiger partial charge in [-0.15, -0.1) is 0 Å². The minimum absolute atomic E-state index is 0.0384. The molecule has 19 heavy (non-hydrogen) atoms. The van der Waals surface area contributed by atoms with Crippen LogP contribution in [0.2, 0.25) is 0 Å². The van der Waals surface area contributed by atoms with Crippen molar-refractivity contribution in [3.05, 3.63) is 70.8 Å². The number of carbonyl (C=O) groups excluding carboxylic acids is 2. The van der Waals surface area contributed by atoms with Crippen molar-refractivity contribution in [1.82, 2.24) is 0 Å². The van der Waals surface area contributed by atoms with Gasteiger partial charge < -0.3 is 0 Å². The molecular weight excluding hydrogens is 244 g/mol. The van der Waals surface area contributed by atoms with E-state index in [0.29, 0.717) is 5.56 Å². The van der Waals surface area contributed by atoms with Gasteiger partial charge in [-0.1, -0.05) is 42.0 Å². The summed E-state index contributed by atoms with van der Waals surface area (Å²) in [6.45, 7) is 1.88. The summed E-state index contributed by atoms with van der Waals surface area (Å²) in [6.07, 6.45) is 0. The SMILES string of the molecule is Cc1cccc(C(=O)c2ccccc2C(=O)OO)c1. The molecule has 0 radical (unpaired) electrons. The Morgan fingerprint density at radius 2 is 1.68 bits per heavy atom. The molecule has 0 amide bonds. The average molecular weight is 256 g/mol. The second-order valence-corrected chi connectivity index (χ2v) is 4.12. The fraction of sp³-hybridized carbons (Fsp3) is 0.0667. The monoisotopic (exact) mass is 256 g/mol. The van der Waals surface area contributed by atoms with E-state index in [2.05, 4.69) is 4.89 Å². The molecule has 2 rings (SSSR count). The number of hydrogen-bond donors (Lipinski definition) is 1. The fourth-order valence-electron chi connectivity index (χ4n) is 1.85. The van der Waals surface area contributed by atoms with E-state index in [1.807, 2.05) is 13.0 Å². The van der Waals surface area contributed by atoms with Gasteiger partial charge in [0, 0.05) is 11.1 Å². The maximum absolute atomic E-state index is 12.4. The van der Waals surface area contributed by atoms with Crippen molar-refractivity contribution in [2.24, 2.45) is 0 Å². The fourth-order valence-corrected chi connectivity index (χ4v) is 1.85. The van der Waals surface area contributed by atoms with E-state index in [1.54, 1.807) is 30.3 Å². The lowest BCUT2D eigenvalue weighted by molar-refractivity contribution is -0.182. The van der Waals surface area contributed by atoms with Crippen molar-refractivity contribution >= 4 is 11.8 Å². The van der Waals surface area contributed by atoms with Crippen molar-refractivity contribution in [1.29, 1.82) is 0 Å². The molecule has 4 heteroatoms. The Kier molecular flexibility index (Phi) is 3.73. The number of rotatable bonds is 3. The molecule has 0 saturated heterocycles. The Hall–Kier alpha value is -2.46. The van der Waals surface area contributed by atoms with E-state index in [9.17, 15) is 9.59 Å². The van der Waals surface area contributed by atoms with Crippen LogP contribution in [-0.2, 0) is 4.89 Å². The topological polar surface area (TPSA) is 63.6 Å². The average Bonchev–Trinajstić information content (AvgIpc) is 2.45. The number of hydrogen-bond acceptors (Lipinski definition) is 4. The maximum atomic E-state index is 12.4.